The maximum Gasteiger partial charge on any atom is 0.219 e. The average Bonchev–Trinajstić information content (AvgIpc) is 2.66. The third-order valence-electron chi connectivity index (χ3n) is 3.67. The molecular formula is C14H22N2OS. The van der Waals surface area contributed by atoms with Gasteiger partial charge in [0.15, 0.2) is 0 Å². The van der Waals surface area contributed by atoms with Crippen LogP contribution in [0, 0.1) is 13.8 Å². The first kappa shape index (κ1) is 13.6. The largest absolute Gasteiger partial charge is 0.343 e. The smallest absolute Gasteiger partial charge is 0.219 e. The molecule has 0 spiro atoms. The molecule has 100 valence electrons. The van der Waals surface area contributed by atoms with Gasteiger partial charge in [0.25, 0.3) is 0 Å². The molecule has 0 aromatic carbocycles. The number of likely N-dealkylation sites (tertiary alicyclic amines) is 1. The standard InChI is InChI=1S/C14H22N2OS/c1-10-8-13(11(2)18-10)9-15-14-4-6-16(7-5-14)12(3)17/h8,14-15H,4-7,9H2,1-3H3. The van der Waals surface area contributed by atoms with E-state index in [1.807, 2.05) is 16.2 Å². The van der Waals surface area contributed by atoms with Gasteiger partial charge in [-0.05, 0) is 38.3 Å². The number of nitrogens with zero attached hydrogens (tertiary/aromatic N) is 1. The van der Waals surface area contributed by atoms with Crippen molar-refractivity contribution in [2.45, 2.75) is 46.2 Å². The molecule has 4 heteroatoms. The van der Waals surface area contributed by atoms with Gasteiger partial charge in [0.05, 0.1) is 0 Å². The minimum Gasteiger partial charge on any atom is -0.343 e. The van der Waals surface area contributed by atoms with Gasteiger partial charge in [0, 0.05) is 42.4 Å². The maximum atomic E-state index is 11.2. The first-order chi connectivity index (χ1) is 8.56. The highest BCUT2D eigenvalue weighted by molar-refractivity contribution is 7.12. The molecule has 2 heterocycles. The second-order valence-electron chi connectivity index (χ2n) is 5.10. The minimum atomic E-state index is 0.206. The lowest BCUT2D eigenvalue weighted by atomic mass is 10.0. The zero-order valence-corrected chi connectivity index (χ0v) is 12.3. The highest BCUT2D eigenvalue weighted by Gasteiger charge is 2.20. The second kappa shape index (κ2) is 5.85. The van der Waals surface area contributed by atoms with Gasteiger partial charge in [0.1, 0.15) is 0 Å². The number of piperidine rings is 1. The lowest BCUT2D eigenvalue weighted by Gasteiger charge is -2.31. The number of hydrogen-bond donors (Lipinski definition) is 1. The zero-order valence-electron chi connectivity index (χ0n) is 11.5. The fourth-order valence-electron chi connectivity index (χ4n) is 2.51. The lowest BCUT2D eigenvalue weighted by molar-refractivity contribution is -0.129. The summed E-state index contributed by atoms with van der Waals surface area (Å²) in [6, 6.07) is 2.83. The molecule has 3 nitrogen and oxygen atoms in total. The molecule has 0 aliphatic carbocycles. The highest BCUT2D eigenvalue weighted by Crippen LogP contribution is 2.21. The molecule has 0 saturated carbocycles. The van der Waals surface area contributed by atoms with Crippen molar-refractivity contribution in [3.05, 3.63) is 21.4 Å². The Kier molecular flexibility index (Phi) is 4.40. The predicted molar refractivity (Wildman–Crippen MR) is 75.9 cm³/mol. The zero-order chi connectivity index (χ0) is 13.1. The van der Waals surface area contributed by atoms with E-state index in [2.05, 4.69) is 25.2 Å². The van der Waals surface area contributed by atoms with Gasteiger partial charge >= 0.3 is 0 Å². The molecular weight excluding hydrogens is 244 g/mol. The Morgan fingerprint density at radius 1 is 1.44 bits per heavy atom. The summed E-state index contributed by atoms with van der Waals surface area (Å²) in [5, 5.41) is 3.62. The molecule has 1 aliphatic heterocycles. The summed E-state index contributed by atoms with van der Waals surface area (Å²) < 4.78 is 0. The molecule has 0 unspecified atom stereocenters. The molecule has 0 atom stereocenters. The maximum absolute atomic E-state index is 11.2. The third-order valence-corrected chi connectivity index (χ3v) is 4.67. The Hall–Kier alpha value is -0.870. The Bertz CT molecular complexity index is 419. The fourth-order valence-corrected chi connectivity index (χ4v) is 3.46. The van der Waals surface area contributed by atoms with Crippen LogP contribution in [0.15, 0.2) is 6.07 Å². The average molecular weight is 266 g/mol. The van der Waals surface area contributed by atoms with Gasteiger partial charge in [-0.25, -0.2) is 0 Å². The van der Waals surface area contributed by atoms with E-state index >= 15 is 0 Å². The fraction of sp³-hybridized carbons (Fsp3) is 0.643. The van der Waals surface area contributed by atoms with Crippen LogP contribution in [0.2, 0.25) is 0 Å². The van der Waals surface area contributed by atoms with E-state index in [1.165, 1.54) is 15.3 Å². The molecule has 2 rings (SSSR count). The predicted octanol–water partition coefficient (Wildman–Crippen LogP) is 2.47. The Morgan fingerprint density at radius 3 is 2.61 bits per heavy atom. The van der Waals surface area contributed by atoms with Crippen LogP contribution in [0.25, 0.3) is 0 Å². The van der Waals surface area contributed by atoms with E-state index in [9.17, 15) is 4.79 Å². The number of rotatable bonds is 3. The van der Waals surface area contributed by atoms with Crippen LogP contribution >= 0.6 is 11.3 Å². The number of hydrogen-bond acceptors (Lipinski definition) is 3. The van der Waals surface area contributed by atoms with Crippen LogP contribution in [0.5, 0.6) is 0 Å². The van der Waals surface area contributed by atoms with Gasteiger partial charge in [0.2, 0.25) is 5.91 Å². The highest BCUT2D eigenvalue weighted by atomic mass is 32.1. The normalized spacial score (nSPS) is 17.2. The molecule has 1 saturated heterocycles. The first-order valence-electron chi connectivity index (χ1n) is 6.61. The first-order valence-corrected chi connectivity index (χ1v) is 7.42. The van der Waals surface area contributed by atoms with E-state index in [0.717, 1.165) is 32.5 Å². The van der Waals surface area contributed by atoms with Crippen molar-refractivity contribution in [3.63, 3.8) is 0 Å². The number of thiophene rings is 1. The van der Waals surface area contributed by atoms with Gasteiger partial charge in [-0.1, -0.05) is 0 Å². The minimum absolute atomic E-state index is 0.206. The van der Waals surface area contributed by atoms with E-state index in [1.54, 1.807) is 6.92 Å². The Balaban J connectivity index is 1.79. The van der Waals surface area contributed by atoms with Crippen LogP contribution in [0.4, 0.5) is 0 Å². The molecule has 1 amide bonds. The SMILES string of the molecule is CC(=O)N1CCC(NCc2cc(C)sc2C)CC1. The molecule has 18 heavy (non-hydrogen) atoms. The summed E-state index contributed by atoms with van der Waals surface area (Å²) in [5.74, 6) is 0.206. The molecule has 1 N–H and O–H groups in total. The van der Waals surface area contributed by atoms with Crippen LogP contribution in [-0.2, 0) is 11.3 Å². The van der Waals surface area contributed by atoms with E-state index in [4.69, 9.17) is 0 Å². The van der Waals surface area contributed by atoms with Crippen molar-refractivity contribution in [2.24, 2.45) is 0 Å². The van der Waals surface area contributed by atoms with E-state index in [0.29, 0.717) is 6.04 Å². The number of carbonyl (C=O) groups excluding carboxylic acids is 1. The molecule has 1 aliphatic rings. The number of amides is 1. The summed E-state index contributed by atoms with van der Waals surface area (Å²) in [5.41, 5.74) is 1.42. The summed E-state index contributed by atoms with van der Waals surface area (Å²) in [6.07, 6.45) is 2.14. The van der Waals surface area contributed by atoms with Crippen molar-refractivity contribution in [3.8, 4) is 0 Å². The van der Waals surface area contributed by atoms with Gasteiger partial charge in [-0.15, -0.1) is 11.3 Å². The topological polar surface area (TPSA) is 32.3 Å². The number of nitrogens with one attached hydrogen (secondary N) is 1. The van der Waals surface area contributed by atoms with Gasteiger partial charge < -0.3 is 10.2 Å². The van der Waals surface area contributed by atoms with E-state index < -0.39 is 0 Å². The van der Waals surface area contributed by atoms with Crippen LogP contribution in [0.3, 0.4) is 0 Å². The van der Waals surface area contributed by atoms with Crippen molar-refractivity contribution >= 4 is 17.2 Å². The quantitative estimate of drug-likeness (QED) is 0.911. The van der Waals surface area contributed by atoms with Crippen molar-refractivity contribution in [1.82, 2.24) is 10.2 Å². The van der Waals surface area contributed by atoms with Crippen LogP contribution < -0.4 is 5.32 Å². The molecule has 0 radical (unpaired) electrons. The van der Waals surface area contributed by atoms with Crippen LogP contribution in [0.1, 0.15) is 35.1 Å². The third kappa shape index (κ3) is 3.33. The molecule has 1 aromatic heterocycles. The summed E-state index contributed by atoms with van der Waals surface area (Å²) >= 11 is 1.87. The molecule has 1 aromatic rings. The van der Waals surface area contributed by atoms with E-state index in [-0.39, 0.29) is 5.91 Å². The number of carbonyl (C=O) groups is 1. The van der Waals surface area contributed by atoms with Crippen molar-refractivity contribution in [1.29, 1.82) is 0 Å². The van der Waals surface area contributed by atoms with Crippen molar-refractivity contribution in [2.75, 3.05) is 13.1 Å². The van der Waals surface area contributed by atoms with Crippen LogP contribution in [-0.4, -0.2) is 29.9 Å². The molecule has 0 bridgehead atoms. The number of aryl methyl sites for hydroxylation is 2. The van der Waals surface area contributed by atoms with Gasteiger partial charge in [-0.2, -0.15) is 0 Å². The summed E-state index contributed by atoms with van der Waals surface area (Å²) in [4.78, 5) is 16.0. The second-order valence-corrected chi connectivity index (χ2v) is 6.56. The van der Waals surface area contributed by atoms with Gasteiger partial charge in [-0.3, -0.25) is 4.79 Å². The molecule has 1 fully saturated rings. The lowest BCUT2D eigenvalue weighted by Crippen LogP contribution is -2.43. The summed E-state index contributed by atoms with van der Waals surface area (Å²) in [6.45, 7) is 8.76. The van der Waals surface area contributed by atoms with Crippen molar-refractivity contribution < 1.29 is 4.79 Å². The summed E-state index contributed by atoms with van der Waals surface area (Å²) in [7, 11) is 0. The Morgan fingerprint density at radius 2 is 2.11 bits per heavy atom. The monoisotopic (exact) mass is 266 g/mol. The Labute approximate surface area is 113 Å².